The van der Waals surface area contributed by atoms with Crippen LogP contribution in [0.5, 0.6) is 0 Å². The average Bonchev–Trinajstić information content (AvgIpc) is 2.28. The lowest BCUT2D eigenvalue weighted by atomic mass is 10.2. The number of carbonyl (C=O) groups is 1. The molecule has 0 spiro atoms. The summed E-state index contributed by atoms with van der Waals surface area (Å²) in [6.45, 7) is 13.5. The van der Waals surface area contributed by atoms with Gasteiger partial charge in [-0.3, -0.25) is 4.90 Å². The van der Waals surface area contributed by atoms with Crippen LogP contribution in [0, 0.1) is 0 Å². The van der Waals surface area contributed by atoms with Crippen LogP contribution in [0.1, 0.15) is 53.4 Å². The Hall–Kier alpha value is -0.830. The molecule has 0 aromatic carbocycles. The Morgan fingerprint density at radius 3 is 2.06 bits per heavy atom. The number of hydrogen-bond acceptors (Lipinski definition) is 3. The quantitative estimate of drug-likeness (QED) is 0.352. The monoisotopic (exact) mass is 241 g/mol. The maximum atomic E-state index is 11.5. The summed E-state index contributed by atoms with van der Waals surface area (Å²) < 4.78 is 5.36. The molecule has 100 valence electrons. The standard InChI is InChI=1S/C14H27NO2/c1-6-8-10-15(11-9-7-2)13(5)17-14(16)12(3)4/h13H,3,6-11H2,1-2,4-5H3. The normalized spacial score (nSPS) is 12.5. The van der Waals surface area contributed by atoms with E-state index in [4.69, 9.17) is 4.74 Å². The third-order valence-electron chi connectivity index (χ3n) is 2.74. The first-order chi connectivity index (χ1) is 8.02. The molecule has 0 radical (unpaired) electrons. The molecular weight excluding hydrogens is 214 g/mol. The lowest BCUT2D eigenvalue weighted by Gasteiger charge is -2.28. The van der Waals surface area contributed by atoms with E-state index in [1.165, 1.54) is 0 Å². The highest BCUT2D eigenvalue weighted by Crippen LogP contribution is 2.08. The van der Waals surface area contributed by atoms with Gasteiger partial charge in [0.25, 0.3) is 0 Å². The van der Waals surface area contributed by atoms with Gasteiger partial charge in [0, 0.05) is 18.7 Å². The van der Waals surface area contributed by atoms with Crippen molar-refractivity contribution in [3.05, 3.63) is 12.2 Å². The number of nitrogens with zero attached hydrogens (tertiary/aromatic N) is 1. The molecule has 0 heterocycles. The van der Waals surface area contributed by atoms with Crippen molar-refractivity contribution in [2.75, 3.05) is 13.1 Å². The number of ether oxygens (including phenoxy) is 1. The molecule has 1 atom stereocenters. The second-order valence-electron chi connectivity index (χ2n) is 4.53. The number of esters is 1. The predicted octanol–water partition coefficient (Wildman–Crippen LogP) is 3.35. The van der Waals surface area contributed by atoms with Crippen LogP contribution in [0.3, 0.4) is 0 Å². The highest BCUT2D eigenvalue weighted by Gasteiger charge is 2.17. The van der Waals surface area contributed by atoms with Crippen molar-refractivity contribution in [3.63, 3.8) is 0 Å². The van der Waals surface area contributed by atoms with E-state index in [1.807, 2.05) is 6.92 Å². The fourth-order valence-corrected chi connectivity index (χ4v) is 1.53. The van der Waals surface area contributed by atoms with Crippen molar-refractivity contribution in [1.82, 2.24) is 4.90 Å². The third-order valence-corrected chi connectivity index (χ3v) is 2.74. The molecule has 0 aliphatic carbocycles. The van der Waals surface area contributed by atoms with Gasteiger partial charge in [-0.05, 0) is 26.7 Å². The van der Waals surface area contributed by atoms with Gasteiger partial charge >= 0.3 is 5.97 Å². The van der Waals surface area contributed by atoms with E-state index in [9.17, 15) is 4.79 Å². The predicted molar refractivity (Wildman–Crippen MR) is 71.8 cm³/mol. The van der Waals surface area contributed by atoms with Crippen molar-refractivity contribution in [2.45, 2.75) is 59.6 Å². The molecule has 17 heavy (non-hydrogen) atoms. The second-order valence-corrected chi connectivity index (χ2v) is 4.53. The van der Waals surface area contributed by atoms with Gasteiger partial charge in [0.2, 0.25) is 0 Å². The third kappa shape index (κ3) is 7.16. The smallest absolute Gasteiger partial charge is 0.334 e. The maximum Gasteiger partial charge on any atom is 0.334 e. The van der Waals surface area contributed by atoms with Crippen molar-refractivity contribution < 1.29 is 9.53 Å². The van der Waals surface area contributed by atoms with Crippen molar-refractivity contribution >= 4 is 5.97 Å². The highest BCUT2D eigenvalue weighted by atomic mass is 16.6. The molecule has 0 aliphatic heterocycles. The van der Waals surface area contributed by atoms with E-state index in [0.717, 1.165) is 38.8 Å². The van der Waals surface area contributed by atoms with E-state index in [-0.39, 0.29) is 12.2 Å². The Balaban J connectivity index is 4.24. The summed E-state index contributed by atoms with van der Waals surface area (Å²) in [5.41, 5.74) is 0.461. The molecule has 0 aromatic heterocycles. The van der Waals surface area contributed by atoms with Crippen LogP contribution in [0.2, 0.25) is 0 Å². The summed E-state index contributed by atoms with van der Waals surface area (Å²) in [6, 6.07) is 0. The summed E-state index contributed by atoms with van der Waals surface area (Å²) in [5.74, 6) is -0.296. The maximum absolute atomic E-state index is 11.5. The minimum atomic E-state index is -0.296. The van der Waals surface area contributed by atoms with Gasteiger partial charge < -0.3 is 4.74 Å². The van der Waals surface area contributed by atoms with Crippen LogP contribution in [0.25, 0.3) is 0 Å². The van der Waals surface area contributed by atoms with Gasteiger partial charge in [-0.1, -0.05) is 33.3 Å². The average molecular weight is 241 g/mol. The van der Waals surface area contributed by atoms with Crippen LogP contribution >= 0.6 is 0 Å². The topological polar surface area (TPSA) is 29.5 Å². The van der Waals surface area contributed by atoms with Crippen molar-refractivity contribution in [3.8, 4) is 0 Å². The highest BCUT2D eigenvalue weighted by molar-refractivity contribution is 5.87. The molecule has 0 amide bonds. The van der Waals surface area contributed by atoms with E-state index in [0.29, 0.717) is 5.57 Å². The van der Waals surface area contributed by atoms with Crippen LogP contribution in [0.4, 0.5) is 0 Å². The molecule has 0 saturated heterocycles. The second kappa shape index (κ2) is 9.23. The number of unbranched alkanes of at least 4 members (excludes halogenated alkanes) is 2. The Kier molecular flexibility index (Phi) is 8.78. The summed E-state index contributed by atoms with van der Waals surface area (Å²) in [5, 5.41) is 0. The zero-order chi connectivity index (χ0) is 13.3. The van der Waals surface area contributed by atoms with Gasteiger partial charge in [-0.25, -0.2) is 4.79 Å². The van der Waals surface area contributed by atoms with E-state index < -0.39 is 0 Å². The van der Waals surface area contributed by atoms with E-state index in [2.05, 4.69) is 25.3 Å². The first-order valence-electron chi connectivity index (χ1n) is 6.63. The zero-order valence-electron chi connectivity index (χ0n) is 11.8. The number of rotatable bonds is 9. The molecule has 0 bridgehead atoms. The van der Waals surface area contributed by atoms with Crippen LogP contribution in [0.15, 0.2) is 12.2 Å². The zero-order valence-corrected chi connectivity index (χ0v) is 11.8. The minimum Gasteiger partial charge on any atom is -0.443 e. The first kappa shape index (κ1) is 16.2. The summed E-state index contributed by atoms with van der Waals surface area (Å²) in [6.07, 6.45) is 4.43. The molecule has 1 unspecified atom stereocenters. The largest absolute Gasteiger partial charge is 0.443 e. The van der Waals surface area contributed by atoms with Crippen LogP contribution < -0.4 is 0 Å². The van der Waals surface area contributed by atoms with Gasteiger partial charge in [-0.2, -0.15) is 0 Å². The van der Waals surface area contributed by atoms with Gasteiger partial charge in [0.1, 0.15) is 0 Å². The first-order valence-corrected chi connectivity index (χ1v) is 6.63. The van der Waals surface area contributed by atoms with Crippen molar-refractivity contribution in [1.29, 1.82) is 0 Å². The van der Waals surface area contributed by atoms with Gasteiger partial charge in [0.05, 0.1) is 0 Å². The molecule has 3 heteroatoms. The number of hydrogen-bond donors (Lipinski definition) is 0. The fraction of sp³-hybridized carbons (Fsp3) is 0.786. The molecule has 0 fully saturated rings. The van der Waals surface area contributed by atoms with Crippen LogP contribution in [-0.4, -0.2) is 30.2 Å². The molecule has 3 nitrogen and oxygen atoms in total. The summed E-state index contributed by atoms with van der Waals surface area (Å²) >= 11 is 0. The molecule has 0 rings (SSSR count). The molecule has 0 N–H and O–H groups in total. The van der Waals surface area contributed by atoms with E-state index in [1.54, 1.807) is 6.92 Å². The Morgan fingerprint density at radius 2 is 1.71 bits per heavy atom. The number of carbonyl (C=O) groups excluding carboxylic acids is 1. The van der Waals surface area contributed by atoms with Crippen LogP contribution in [-0.2, 0) is 9.53 Å². The Morgan fingerprint density at radius 1 is 1.24 bits per heavy atom. The summed E-state index contributed by atoms with van der Waals surface area (Å²) in [4.78, 5) is 13.7. The van der Waals surface area contributed by atoms with Crippen molar-refractivity contribution in [2.24, 2.45) is 0 Å². The molecule has 0 aromatic rings. The Labute approximate surface area is 106 Å². The SMILES string of the molecule is C=C(C)C(=O)OC(C)N(CCCC)CCCC. The van der Waals surface area contributed by atoms with Gasteiger partial charge in [-0.15, -0.1) is 0 Å². The Bertz CT molecular complexity index is 230. The van der Waals surface area contributed by atoms with Gasteiger partial charge in [0.15, 0.2) is 6.23 Å². The molecule has 0 saturated carbocycles. The summed E-state index contributed by atoms with van der Waals surface area (Å²) in [7, 11) is 0. The minimum absolute atomic E-state index is 0.155. The lowest BCUT2D eigenvalue weighted by Crippen LogP contribution is -2.38. The molecule has 0 aliphatic rings. The lowest BCUT2D eigenvalue weighted by molar-refractivity contribution is -0.152. The molecular formula is C14H27NO2. The fourth-order valence-electron chi connectivity index (χ4n) is 1.53. The van der Waals surface area contributed by atoms with E-state index >= 15 is 0 Å².